The van der Waals surface area contributed by atoms with Gasteiger partial charge in [0, 0.05) is 25.3 Å². The van der Waals surface area contributed by atoms with Gasteiger partial charge in [-0.2, -0.15) is 0 Å². The van der Waals surface area contributed by atoms with Crippen molar-refractivity contribution in [3.8, 4) is 0 Å². The van der Waals surface area contributed by atoms with Crippen LogP contribution in [0.5, 0.6) is 0 Å². The number of rotatable bonds is 15. The molecule has 0 fully saturated rings. The Morgan fingerprint density at radius 1 is 0.923 bits per heavy atom. The van der Waals surface area contributed by atoms with Crippen molar-refractivity contribution in [2.45, 2.75) is 97.3 Å². The van der Waals surface area contributed by atoms with E-state index in [2.05, 4.69) is 17.2 Å². The zero-order chi connectivity index (χ0) is 18.9. The first kappa shape index (κ1) is 23.1. The van der Waals surface area contributed by atoms with Crippen molar-refractivity contribution in [3.63, 3.8) is 0 Å². The predicted molar refractivity (Wildman–Crippen MR) is 113 cm³/mol. The van der Waals surface area contributed by atoms with Crippen LogP contribution < -0.4 is 5.32 Å². The van der Waals surface area contributed by atoms with Crippen LogP contribution in [0.25, 0.3) is 0 Å². The van der Waals surface area contributed by atoms with Crippen LogP contribution in [-0.2, 0) is 4.79 Å². The minimum atomic E-state index is 0.251. The van der Waals surface area contributed by atoms with Gasteiger partial charge in [-0.05, 0) is 39.3 Å². The Morgan fingerprint density at radius 3 is 2.23 bits per heavy atom. The van der Waals surface area contributed by atoms with Gasteiger partial charge >= 0.3 is 0 Å². The molecular formula is C22H43N3O. The maximum absolute atomic E-state index is 12.2. The highest BCUT2D eigenvalue weighted by Crippen LogP contribution is 2.10. The summed E-state index contributed by atoms with van der Waals surface area (Å²) in [5.41, 5.74) is 0.985. The van der Waals surface area contributed by atoms with Crippen LogP contribution in [0.15, 0.2) is 4.99 Å². The first-order chi connectivity index (χ1) is 12.7. The van der Waals surface area contributed by atoms with Crippen molar-refractivity contribution in [3.05, 3.63) is 0 Å². The molecule has 0 unspecified atom stereocenters. The van der Waals surface area contributed by atoms with Crippen molar-refractivity contribution >= 4 is 11.6 Å². The largest absolute Gasteiger partial charge is 0.342 e. The third kappa shape index (κ3) is 12.5. The second-order valence-corrected chi connectivity index (χ2v) is 7.81. The Kier molecular flexibility index (Phi) is 14.5. The zero-order valence-electron chi connectivity index (χ0n) is 17.5. The monoisotopic (exact) mass is 365 g/mol. The highest BCUT2D eigenvalue weighted by molar-refractivity contribution is 5.99. The molecule has 1 aliphatic rings. The smallest absolute Gasteiger partial charge is 0.228 e. The summed E-state index contributed by atoms with van der Waals surface area (Å²) in [4.78, 5) is 18.6. The molecule has 0 saturated carbocycles. The van der Waals surface area contributed by atoms with E-state index in [0.29, 0.717) is 6.42 Å². The summed E-state index contributed by atoms with van der Waals surface area (Å²) >= 11 is 0. The van der Waals surface area contributed by atoms with Crippen LogP contribution in [0.1, 0.15) is 97.3 Å². The molecule has 26 heavy (non-hydrogen) atoms. The number of nitrogens with one attached hydrogen (secondary N) is 1. The zero-order valence-corrected chi connectivity index (χ0v) is 17.5. The van der Waals surface area contributed by atoms with Crippen molar-refractivity contribution in [1.29, 1.82) is 0 Å². The highest BCUT2D eigenvalue weighted by atomic mass is 16.2. The molecule has 0 atom stereocenters. The number of nitrogens with zero attached hydrogens (tertiary/aromatic N) is 2. The maximum atomic E-state index is 12.2. The third-order valence-corrected chi connectivity index (χ3v) is 5.22. The van der Waals surface area contributed by atoms with E-state index in [0.717, 1.165) is 51.3 Å². The van der Waals surface area contributed by atoms with E-state index in [-0.39, 0.29) is 5.91 Å². The molecule has 0 aromatic heterocycles. The van der Waals surface area contributed by atoms with E-state index in [1.54, 1.807) is 0 Å². The minimum Gasteiger partial charge on any atom is -0.342 e. The SMILES string of the molecule is CCCCCCCCCCCCNCCCN1CCCN=C(C)CC1=O. The van der Waals surface area contributed by atoms with Crippen molar-refractivity contribution in [2.24, 2.45) is 4.99 Å². The highest BCUT2D eigenvalue weighted by Gasteiger charge is 2.15. The Bertz CT molecular complexity index is 382. The van der Waals surface area contributed by atoms with Crippen LogP contribution >= 0.6 is 0 Å². The van der Waals surface area contributed by atoms with Gasteiger partial charge in [0.25, 0.3) is 0 Å². The first-order valence-corrected chi connectivity index (χ1v) is 11.2. The molecule has 0 saturated heterocycles. The fraction of sp³-hybridized carbons (Fsp3) is 0.909. The number of amides is 1. The van der Waals surface area contributed by atoms with Gasteiger partial charge in [0.15, 0.2) is 0 Å². The lowest BCUT2D eigenvalue weighted by Crippen LogP contribution is -2.36. The van der Waals surface area contributed by atoms with Gasteiger partial charge in [0.1, 0.15) is 0 Å². The predicted octanol–water partition coefficient (Wildman–Crippen LogP) is 4.97. The van der Waals surface area contributed by atoms with E-state index in [4.69, 9.17) is 0 Å². The second-order valence-electron chi connectivity index (χ2n) is 7.81. The number of carbonyl (C=O) groups is 1. The van der Waals surface area contributed by atoms with Crippen LogP contribution in [0.2, 0.25) is 0 Å². The molecular weight excluding hydrogens is 322 g/mol. The fourth-order valence-corrected chi connectivity index (χ4v) is 3.54. The molecule has 4 heteroatoms. The van der Waals surface area contributed by atoms with Crippen molar-refractivity contribution in [1.82, 2.24) is 10.2 Å². The van der Waals surface area contributed by atoms with Gasteiger partial charge in [-0.25, -0.2) is 0 Å². The Hall–Kier alpha value is -0.900. The van der Waals surface area contributed by atoms with Gasteiger partial charge in [0.05, 0.1) is 6.42 Å². The van der Waals surface area contributed by atoms with E-state index < -0.39 is 0 Å². The molecule has 1 heterocycles. The fourth-order valence-electron chi connectivity index (χ4n) is 3.54. The summed E-state index contributed by atoms with van der Waals surface area (Å²) in [5, 5.41) is 3.54. The van der Waals surface area contributed by atoms with E-state index in [1.807, 2.05) is 11.8 Å². The molecule has 152 valence electrons. The Balaban J connectivity index is 1.87. The van der Waals surface area contributed by atoms with Crippen LogP contribution in [-0.4, -0.2) is 49.2 Å². The molecule has 0 aromatic carbocycles. The molecule has 0 spiro atoms. The summed E-state index contributed by atoms with van der Waals surface area (Å²) in [6.07, 6.45) is 16.5. The molecule has 1 amide bonds. The lowest BCUT2D eigenvalue weighted by molar-refractivity contribution is -0.130. The van der Waals surface area contributed by atoms with Gasteiger partial charge in [-0.15, -0.1) is 0 Å². The van der Waals surface area contributed by atoms with Crippen molar-refractivity contribution < 1.29 is 4.79 Å². The second kappa shape index (κ2) is 16.3. The number of unbranched alkanes of at least 4 members (excludes halogenated alkanes) is 9. The average molecular weight is 366 g/mol. The van der Waals surface area contributed by atoms with E-state index in [1.165, 1.54) is 64.2 Å². The summed E-state index contributed by atoms with van der Waals surface area (Å²) in [6, 6.07) is 0. The van der Waals surface area contributed by atoms with Gasteiger partial charge in [-0.3, -0.25) is 9.79 Å². The van der Waals surface area contributed by atoms with E-state index >= 15 is 0 Å². The maximum Gasteiger partial charge on any atom is 0.228 e. The molecule has 0 bridgehead atoms. The number of hydrogen-bond acceptors (Lipinski definition) is 3. The molecule has 0 radical (unpaired) electrons. The first-order valence-electron chi connectivity index (χ1n) is 11.2. The quantitative estimate of drug-likeness (QED) is 0.416. The molecule has 0 aliphatic carbocycles. The number of aliphatic imine (C=N–C) groups is 1. The van der Waals surface area contributed by atoms with Crippen LogP contribution in [0.3, 0.4) is 0 Å². The van der Waals surface area contributed by atoms with Gasteiger partial charge in [0.2, 0.25) is 5.91 Å². The molecule has 1 N–H and O–H groups in total. The topological polar surface area (TPSA) is 44.7 Å². The van der Waals surface area contributed by atoms with Crippen molar-refractivity contribution in [2.75, 3.05) is 32.7 Å². The number of hydrogen-bond donors (Lipinski definition) is 1. The molecule has 1 aliphatic heterocycles. The van der Waals surface area contributed by atoms with Gasteiger partial charge in [-0.1, -0.05) is 64.7 Å². The van der Waals surface area contributed by atoms with Gasteiger partial charge < -0.3 is 10.2 Å². The molecule has 1 rings (SSSR count). The summed E-state index contributed by atoms with van der Waals surface area (Å²) in [7, 11) is 0. The average Bonchev–Trinajstić information content (AvgIpc) is 2.62. The minimum absolute atomic E-state index is 0.251. The summed E-state index contributed by atoms with van der Waals surface area (Å²) < 4.78 is 0. The normalized spacial score (nSPS) is 15.7. The lowest BCUT2D eigenvalue weighted by Gasteiger charge is -2.24. The lowest BCUT2D eigenvalue weighted by atomic mass is 10.1. The molecule has 0 aromatic rings. The number of carbonyl (C=O) groups excluding carboxylic acids is 1. The molecule has 4 nitrogen and oxygen atoms in total. The standard InChI is InChI=1S/C22H43N3O/c1-3-4-5-6-7-8-9-10-11-12-15-23-16-13-18-25-19-14-17-24-21(2)20-22(25)26/h23H,3-20H2,1-2H3. The Labute approximate surface area is 162 Å². The Morgan fingerprint density at radius 2 is 1.54 bits per heavy atom. The van der Waals surface area contributed by atoms with Crippen LogP contribution in [0, 0.1) is 0 Å². The summed E-state index contributed by atoms with van der Waals surface area (Å²) in [5.74, 6) is 0.251. The third-order valence-electron chi connectivity index (χ3n) is 5.22. The van der Waals surface area contributed by atoms with E-state index in [9.17, 15) is 4.79 Å². The van der Waals surface area contributed by atoms with Crippen LogP contribution in [0.4, 0.5) is 0 Å². The summed E-state index contributed by atoms with van der Waals surface area (Å²) in [6.45, 7) is 9.01.